The van der Waals surface area contributed by atoms with E-state index in [1.165, 1.54) is 22.1 Å². The predicted molar refractivity (Wildman–Crippen MR) is 117 cm³/mol. The standard InChI is InChI=1S/C24H19N3O5/c1-15-7-5-10-17(13-15)25-23(28)20-21(16-8-3-2-4-9-16)26(32-22(20)24(25)29)18-11-6-12-19(14-18)27(30)31/h2-14,20-22H,1H3/t20-,21+,22-/m1/s1. The number of carbonyl (C=O) groups is 2. The molecule has 2 fully saturated rings. The first-order chi connectivity index (χ1) is 15.5. The fourth-order valence-electron chi connectivity index (χ4n) is 4.39. The molecule has 3 aromatic rings. The number of hydrogen-bond acceptors (Lipinski definition) is 6. The van der Waals surface area contributed by atoms with Gasteiger partial charge in [0.05, 0.1) is 22.3 Å². The van der Waals surface area contributed by atoms with Crippen LogP contribution < -0.4 is 9.96 Å². The smallest absolute Gasteiger partial charge is 0.271 e. The molecule has 0 spiro atoms. The van der Waals surface area contributed by atoms with Crippen molar-refractivity contribution < 1.29 is 19.3 Å². The molecular weight excluding hydrogens is 410 g/mol. The minimum Gasteiger partial charge on any atom is -0.273 e. The fourth-order valence-corrected chi connectivity index (χ4v) is 4.39. The number of rotatable bonds is 4. The molecule has 3 atom stereocenters. The van der Waals surface area contributed by atoms with E-state index in [-0.39, 0.29) is 11.6 Å². The average Bonchev–Trinajstić information content (AvgIpc) is 3.30. The van der Waals surface area contributed by atoms with Crippen molar-refractivity contribution in [3.05, 3.63) is 100 Å². The molecule has 2 aliphatic heterocycles. The Kier molecular flexibility index (Phi) is 4.71. The second kappa shape index (κ2) is 7.58. The largest absolute Gasteiger partial charge is 0.273 e. The van der Waals surface area contributed by atoms with E-state index in [1.807, 2.05) is 43.3 Å². The van der Waals surface area contributed by atoms with E-state index in [2.05, 4.69) is 0 Å². The number of anilines is 2. The first-order valence-corrected chi connectivity index (χ1v) is 10.2. The summed E-state index contributed by atoms with van der Waals surface area (Å²) < 4.78 is 0. The number of nitro benzene ring substituents is 1. The van der Waals surface area contributed by atoms with Gasteiger partial charge in [0.1, 0.15) is 5.92 Å². The Morgan fingerprint density at radius 1 is 0.875 bits per heavy atom. The molecule has 32 heavy (non-hydrogen) atoms. The van der Waals surface area contributed by atoms with Crippen molar-refractivity contribution in [3.8, 4) is 0 Å². The maximum Gasteiger partial charge on any atom is 0.271 e. The van der Waals surface area contributed by atoms with Crippen LogP contribution in [0.3, 0.4) is 0 Å². The molecule has 8 nitrogen and oxygen atoms in total. The maximum absolute atomic E-state index is 13.5. The highest BCUT2D eigenvalue weighted by atomic mass is 16.7. The molecule has 2 aliphatic rings. The van der Waals surface area contributed by atoms with Crippen LogP contribution in [-0.2, 0) is 14.4 Å². The zero-order valence-corrected chi connectivity index (χ0v) is 17.1. The van der Waals surface area contributed by atoms with Crippen LogP contribution in [-0.4, -0.2) is 22.8 Å². The van der Waals surface area contributed by atoms with Crippen LogP contribution in [0.25, 0.3) is 0 Å². The van der Waals surface area contributed by atoms with Crippen molar-refractivity contribution in [1.29, 1.82) is 0 Å². The number of aryl methyl sites for hydroxylation is 1. The van der Waals surface area contributed by atoms with Gasteiger partial charge in [-0.25, -0.2) is 9.96 Å². The number of hydroxylamine groups is 1. The number of fused-ring (bicyclic) bond motifs is 1. The van der Waals surface area contributed by atoms with E-state index in [4.69, 9.17) is 4.84 Å². The first kappa shape index (κ1) is 19.9. The van der Waals surface area contributed by atoms with Gasteiger partial charge in [0, 0.05) is 12.1 Å². The number of benzene rings is 3. The normalized spacial score (nSPS) is 22.3. The van der Waals surface area contributed by atoms with Crippen LogP contribution in [0.4, 0.5) is 17.1 Å². The summed E-state index contributed by atoms with van der Waals surface area (Å²) in [5, 5.41) is 12.7. The van der Waals surface area contributed by atoms with Gasteiger partial charge in [-0.2, -0.15) is 0 Å². The molecular formula is C24H19N3O5. The van der Waals surface area contributed by atoms with E-state index in [9.17, 15) is 19.7 Å². The van der Waals surface area contributed by atoms with Gasteiger partial charge in [0.15, 0.2) is 6.10 Å². The Labute approximate surface area is 183 Å². The van der Waals surface area contributed by atoms with Gasteiger partial charge in [-0.05, 0) is 36.2 Å². The van der Waals surface area contributed by atoms with Gasteiger partial charge in [-0.3, -0.25) is 24.5 Å². The van der Waals surface area contributed by atoms with E-state index < -0.39 is 28.9 Å². The van der Waals surface area contributed by atoms with Crippen LogP contribution >= 0.6 is 0 Å². The molecule has 0 unspecified atom stereocenters. The van der Waals surface area contributed by atoms with Gasteiger partial charge in [0.2, 0.25) is 5.91 Å². The Morgan fingerprint density at radius 3 is 2.31 bits per heavy atom. The Hall–Kier alpha value is -4.04. The van der Waals surface area contributed by atoms with Crippen LogP contribution in [0.15, 0.2) is 78.9 Å². The Morgan fingerprint density at radius 2 is 1.59 bits per heavy atom. The summed E-state index contributed by atoms with van der Waals surface area (Å²) in [7, 11) is 0. The molecule has 0 aliphatic carbocycles. The third-order valence-corrected chi connectivity index (χ3v) is 5.81. The van der Waals surface area contributed by atoms with Crippen LogP contribution in [0.5, 0.6) is 0 Å². The lowest BCUT2D eigenvalue weighted by molar-refractivity contribution is -0.384. The van der Waals surface area contributed by atoms with Crippen molar-refractivity contribution in [2.45, 2.75) is 19.1 Å². The Bertz CT molecular complexity index is 1230. The van der Waals surface area contributed by atoms with Crippen molar-refractivity contribution in [1.82, 2.24) is 0 Å². The van der Waals surface area contributed by atoms with Crippen molar-refractivity contribution >= 4 is 28.9 Å². The van der Waals surface area contributed by atoms with Crippen molar-refractivity contribution in [2.24, 2.45) is 5.92 Å². The number of amides is 2. The molecule has 160 valence electrons. The maximum atomic E-state index is 13.5. The lowest BCUT2D eigenvalue weighted by Gasteiger charge is -2.28. The lowest BCUT2D eigenvalue weighted by atomic mass is 9.90. The average molecular weight is 429 g/mol. The van der Waals surface area contributed by atoms with E-state index in [0.717, 1.165) is 11.1 Å². The van der Waals surface area contributed by atoms with Crippen molar-refractivity contribution in [3.63, 3.8) is 0 Å². The quantitative estimate of drug-likeness (QED) is 0.354. The van der Waals surface area contributed by atoms with Crippen molar-refractivity contribution in [2.75, 3.05) is 9.96 Å². The summed E-state index contributed by atoms with van der Waals surface area (Å²) in [4.78, 5) is 44.8. The highest BCUT2D eigenvalue weighted by molar-refractivity contribution is 6.24. The SMILES string of the molecule is Cc1cccc(N2C(=O)[C@H]3[C@@H](ON(c4cccc([N+](=O)[O-])c4)[C@H]3c3ccccc3)C2=O)c1. The highest BCUT2D eigenvalue weighted by Crippen LogP contribution is 2.47. The molecule has 0 bridgehead atoms. The van der Waals surface area contributed by atoms with E-state index in [1.54, 1.807) is 30.3 Å². The first-order valence-electron chi connectivity index (χ1n) is 10.2. The number of hydrogen-bond donors (Lipinski definition) is 0. The third-order valence-electron chi connectivity index (χ3n) is 5.81. The van der Waals surface area contributed by atoms with Crippen LogP contribution in [0.1, 0.15) is 17.2 Å². The molecule has 0 radical (unpaired) electrons. The second-order valence-electron chi connectivity index (χ2n) is 7.86. The molecule has 2 saturated heterocycles. The molecule has 3 aromatic carbocycles. The summed E-state index contributed by atoms with van der Waals surface area (Å²) in [6.07, 6.45) is -1.02. The number of non-ortho nitro benzene ring substituents is 1. The summed E-state index contributed by atoms with van der Waals surface area (Å²) in [6.45, 7) is 1.89. The van der Waals surface area contributed by atoms with Gasteiger partial charge in [0.25, 0.3) is 11.6 Å². The topological polar surface area (TPSA) is 93.0 Å². The van der Waals surface area contributed by atoms with E-state index in [0.29, 0.717) is 11.4 Å². The summed E-state index contributed by atoms with van der Waals surface area (Å²) in [5.41, 5.74) is 2.52. The molecule has 8 heteroatoms. The molecule has 2 heterocycles. The summed E-state index contributed by atoms with van der Waals surface area (Å²) >= 11 is 0. The van der Waals surface area contributed by atoms with Crippen LogP contribution in [0.2, 0.25) is 0 Å². The van der Waals surface area contributed by atoms with E-state index >= 15 is 0 Å². The zero-order valence-electron chi connectivity index (χ0n) is 17.1. The molecule has 0 aromatic heterocycles. The summed E-state index contributed by atoms with van der Waals surface area (Å²) in [5.74, 6) is -1.59. The lowest BCUT2D eigenvalue weighted by Crippen LogP contribution is -2.37. The van der Waals surface area contributed by atoms with Gasteiger partial charge >= 0.3 is 0 Å². The number of nitro groups is 1. The fraction of sp³-hybridized carbons (Fsp3) is 0.167. The summed E-state index contributed by atoms with van der Waals surface area (Å²) in [6, 6.07) is 21.8. The van der Waals surface area contributed by atoms with Crippen LogP contribution in [0, 0.1) is 23.0 Å². The zero-order chi connectivity index (χ0) is 22.4. The van der Waals surface area contributed by atoms with Gasteiger partial charge < -0.3 is 0 Å². The number of imide groups is 1. The Balaban J connectivity index is 1.59. The van der Waals surface area contributed by atoms with Gasteiger partial charge in [-0.1, -0.05) is 48.5 Å². The number of carbonyl (C=O) groups excluding carboxylic acids is 2. The molecule has 5 rings (SSSR count). The highest BCUT2D eigenvalue weighted by Gasteiger charge is 2.60. The molecule has 2 amide bonds. The second-order valence-corrected chi connectivity index (χ2v) is 7.86. The minimum atomic E-state index is -1.02. The molecule has 0 saturated carbocycles. The number of nitrogens with zero attached hydrogens (tertiary/aromatic N) is 3. The minimum absolute atomic E-state index is 0.103. The van der Waals surface area contributed by atoms with Gasteiger partial charge in [-0.15, -0.1) is 0 Å². The predicted octanol–water partition coefficient (Wildman–Crippen LogP) is 3.95. The molecule has 0 N–H and O–H groups in total. The third kappa shape index (κ3) is 3.12. The monoisotopic (exact) mass is 429 g/mol.